The molecule has 4 heterocycles. The first-order valence-corrected chi connectivity index (χ1v) is 38.7. The molecule has 21 N–H and O–H groups in total. The summed E-state index contributed by atoms with van der Waals surface area (Å²) in [6, 6.07) is -11.7. The molecular formula is C59H79N15O21S6. The molecule has 4 bridgehead atoms. The lowest BCUT2D eigenvalue weighted by Crippen LogP contribution is -2.61. The first-order chi connectivity index (χ1) is 47.9. The van der Waals surface area contributed by atoms with Crippen LogP contribution in [0.25, 0.3) is 0 Å². The molecule has 552 valence electrons. The Morgan fingerprint density at radius 2 is 1.06 bits per heavy atom. The zero-order valence-electron chi connectivity index (χ0n) is 54.1. The molecule has 42 heteroatoms. The fourth-order valence-corrected chi connectivity index (χ4v) is 17.0. The van der Waals surface area contributed by atoms with Crippen molar-refractivity contribution < 1.29 is 102 Å². The van der Waals surface area contributed by atoms with Crippen molar-refractivity contribution in [2.45, 2.75) is 143 Å². The maximum absolute atomic E-state index is 15.1. The Morgan fingerprint density at radius 3 is 1.61 bits per heavy atom. The fourth-order valence-electron chi connectivity index (χ4n) is 10.0. The third-order valence-corrected chi connectivity index (χ3v) is 22.9. The van der Waals surface area contributed by atoms with Gasteiger partial charge in [0, 0.05) is 60.3 Å². The first kappa shape index (κ1) is 81.5. The van der Waals surface area contributed by atoms with Crippen molar-refractivity contribution in [1.29, 1.82) is 0 Å². The highest BCUT2D eigenvalue weighted by Crippen LogP contribution is 2.28. The van der Waals surface area contributed by atoms with Crippen molar-refractivity contribution in [3.05, 3.63) is 59.7 Å². The van der Waals surface area contributed by atoms with E-state index in [9.17, 15) is 92.7 Å². The molecule has 4 aliphatic heterocycles. The van der Waals surface area contributed by atoms with Crippen LogP contribution in [0.1, 0.15) is 57.1 Å². The number of nitrogens with zero attached hydrogens (tertiary/aromatic N) is 1. The Hall–Kier alpha value is -8.42. The minimum atomic E-state index is -1.93. The number of aliphatic hydroxyl groups is 1. The molecule has 0 aliphatic carbocycles. The third-order valence-electron chi connectivity index (χ3n) is 15.6. The Morgan fingerprint density at radius 1 is 0.574 bits per heavy atom. The van der Waals surface area contributed by atoms with E-state index in [0.717, 1.165) is 76.6 Å². The number of aromatic hydroxyl groups is 2. The van der Waals surface area contributed by atoms with E-state index < -0.39 is 240 Å². The average Bonchev–Trinajstić information content (AvgIpc) is 1.75. The molecule has 2 aromatic rings. The maximum atomic E-state index is 15.1. The number of fused-ring (bicyclic) bond motifs is 20. The second-order valence-electron chi connectivity index (χ2n) is 23.5. The normalized spacial score (nSPS) is 27.3. The van der Waals surface area contributed by atoms with Crippen molar-refractivity contribution in [3.8, 4) is 11.5 Å². The van der Waals surface area contributed by atoms with E-state index in [4.69, 9.17) is 11.5 Å². The molecule has 0 spiro atoms. The summed E-state index contributed by atoms with van der Waals surface area (Å²) < 4.78 is 0. The van der Waals surface area contributed by atoms with E-state index in [-0.39, 0.29) is 48.6 Å². The van der Waals surface area contributed by atoms with Gasteiger partial charge in [0.15, 0.2) is 0 Å². The van der Waals surface area contributed by atoms with Gasteiger partial charge in [-0.25, -0.2) is 4.79 Å². The highest BCUT2D eigenvalue weighted by Gasteiger charge is 2.42. The topological polar surface area (TPSA) is 574 Å². The molecule has 0 aromatic heterocycles. The number of carboxylic acid groups (broad SMARTS) is 2. The smallest absolute Gasteiger partial charge is 0.326 e. The summed E-state index contributed by atoms with van der Waals surface area (Å²) in [5, 5.41) is 80.4. The fraction of sp³-hybridized carbons (Fsp3) is 0.525. The zero-order chi connectivity index (χ0) is 74.2. The van der Waals surface area contributed by atoms with Crippen LogP contribution in [0.2, 0.25) is 0 Å². The van der Waals surface area contributed by atoms with E-state index >= 15 is 9.59 Å². The number of rotatable bonds is 13. The molecule has 0 saturated carbocycles. The van der Waals surface area contributed by atoms with Gasteiger partial charge in [-0.2, -0.15) is 0 Å². The van der Waals surface area contributed by atoms with Crippen molar-refractivity contribution >= 4 is 159 Å². The van der Waals surface area contributed by atoms with E-state index in [1.807, 2.05) is 0 Å². The van der Waals surface area contributed by atoms with Gasteiger partial charge in [-0.15, -0.1) is 0 Å². The van der Waals surface area contributed by atoms with Gasteiger partial charge in [0.2, 0.25) is 82.7 Å². The highest BCUT2D eigenvalue weighted by molar-refractivity contribution is 8.77. The van der Waals surface area contributed by atoms with Gasteiger partial charge in [-0.1, -0.05) is 89.0 Å². The van der Waals surface area contributed by atoms with Gasteiger partial charge in [0.25, 0.3) is 0 Å². The number of carbonyl (C=O) groups is 16. The molecule has 36 nitrogen and oxygen atoms in total. The molecule has 4 saturated heterocycles. The number of hydrogen-bond acceptors (Lipinski definition) is 26. The molecule has 14 atom stereocenters. The Balaban J connectivity index is 1.56. The number of hydrogen-bond donors (Lipinski definition) is 19. The van der Waals surface area contributed by atoms with Gasteiger partial charge >= 0.3 is 11.9 Å². The number of aliphatic hydroxyl groups excluding tert-OH is 1. The molecule has 6 rings (SSSR count). The maximum Gasteiger partial charge on any atom is 0.326 e. The number of benzene rings is 2. The van der Waals surface area contributed by atoms with E-state index in [0.29, 0.717) is 5.56 Å². The standard InChI is InChI=1S/C59H79N15O21S6/c1-26-47(82)69-41-25-101-99-22-38-52(87)65-33(13-14-45(80)81)49(84)66-34(16-28-5-9-30(76)10-6-28)50(85)71-40(54(89)72-39(23-97-96-20-32(60)48(83)70-38)53(88)67-35(18-43(61)78)58(93)74-15-3-4-42(74)56(91)63-26)24-100-98-21-37(64-44(79)19-62-57(92)46(27(2)75)73-55(41)90)51(86)68-36(59(94)95)17-29-7-11-31(77)12-8-29/h5-12,26-27,32-42,46,75-77H,3-4,13-25,60H2,1-2H3,(H2,61,78)(H,62,92)(H,63,91)(H,64,79)(H,65,87)(H,66,84)(H,67,88)(H,68,86)(H,69,82)(H,70,83)(H,71,85)(H,72,89)(H,73,90)(H,80,81)(H,94,95)/t26-,27+,32-,33+,34-,35-,36-,37-,38-,39-,40-,41-,42-,46?/m0/s1. The first-order valence-electron chi connectivity index (χ1n) is 31.2. The van der Waals surface area contributed by atoms with Crippen LogP contribution in [0.4, 0.5) is 0 Å². The number of nitrogens with one attached hydrogen (secondary N) is 12. The Labute approximate surface area is 600 Å². The summed E-state index contributed by atoms with van der Waals surface area (Å²) in [4.78, 5) is 227. The largest absolute Gasteiger partial charge is 0.508 e. The molecule has 0 radical (unpaired) electrons. The number of carboxylic acids is 2. The molecule has 1 unspecified atom stereocenters. The minimum Gasteiger partial charge on any atom is -0.508 e. The molecular weight excluding hydrogens is 1450 g/mol. The summed E-state index contributed by atoms with van der Waals surface area (Å²) in [5.74, 6) is -21.7. The van der Waals surface area contributed by atoms with Crippen LogP contribution >= 0.6 is 64.8 Å². The summed E-state index contributed by atoms with van der Waals surface area (Å²) >= 11 is 0. The number of phenolic OH excluding ortho intramolecular Hbond substituents is 2. The zero-order valence-corrected chi connectivity index (χ0v) is 59.0. The second-order valence-corrected chi connectivity index (χ2v) is 31.1. The van der Waals surface area contributed by atoms with Crippen LogP contribution < -0.4 is 75.3 Å². The predicted octanol–water partition coefficient (Wildman–Crippen LogP) is -5.94. The lowest BCUT2D eigenvalue weighted by Gasteiger charge is -2.30. The van der Waals surface area contributed by atoms with Crippen LogP contribution in [0, 0.1) is 0 Å². The minimum absolute atomic E-state index is 0.00937. The van der Waals surface area contributed by atoms with Gasteiger partial charge in [-0.05, 0) is 68.5 Å². The molecule has 4 fully saturated rings. The molecule has 14 amide bonds. The highest BCUT2D eigenvalue weighted by atomic mass is 33.1. The molecule has 4 aliphatic rings. The predicted molar refractivity (Wildman–Crippen MR) is 371 cm³/mol. The van der Waals surface area contributed by atoms with Gasteiger partial charge in [-0.3, -0.25) is 71.9 Å². The molecule has 101 heavy (non-hydrogen) atoms. The van der Waals surface area contributed by atoms with E-state index in [1.165, 1.54) is 55.5 Å². The number of aliphatic carboxylic acids is 2. The van der Waals surface area contributed by atoms with E-state index in [1.54, 1.807) is 0 Å². The lowest BCUT2D eigenvalue weighted by atomic mass is 10.0. The van der Waals surface area contributed by atoms with Gasteiger partial charge < -0.3 is 106 Å². The van der Waals surface area contributed by atoms with Crippen LogP contribution in [0.5, 0.6) is 11.5 Å². The number of primary amides is 1. The van der Waals surface area contributed by atoms with Crippen LogP contribution in [0.15, 0.2) is 48.5 Å². The summed E-state index contributed by atoms with van der Waals surface area (Å²) in [7, 11) is 4.74. The van der Waals surface area contributed by atoms with Crippen LogP contribution in [-0.2, 0) is 89.6 Å². The summed E-state index contributed by atoms with van der Waals surface area (Å²) in [6.07, 6.45) is -4.71. The average molecular weight is 1530 g/mol. The van der Waals surface area contributed by atoms with E-state index in [2.05, 4.69) is 63.8 Å². The van der Waals surface area contributed by atoms with Crippen LogP contribution in [-0.4, -0.2) is 257 Å². The van der Waals surface area contributed by atoms with Gasteiger partial charge in [0.1, 0.15) is 84.0 Å². The summed E-state index contributed by atoms with van der Waals surface area (Å²) in [6.45, 7) is 1.18. The second kappa shape index (κ2) is 39.7. The number of phenols is 2. The van der Waals surface area contributed by atoms with Crippen LogP contribution in [0.3, 0.4) is 0 Å². The summed E-state index contributed by atoms with van der Waals surface area (Å²) in [5.41, 5.74) is 12.6. The Kier molecular flexibility index (Phi) is 32.1. The van der Waals surface area contributed by atoms with Crippen molar-refractivity contribution in [2.75, 3.05) is 47.6 Å². The quantitative estimate of drug-likeness (QED) is 0.0656. The number of carbonyl (C=O) groups excluding carboxylic acids is 14. The van der Waals surface area contributed by atoms with Crippen molar-refractivity contribution in [2.24, 2.45) is 11.5 Å². The Bertz CT molecular complexity index is 3400. The van der Waals surface area contributed by atoms with Gasteiger partial charge in [0.05, 0.1) is 25.1 Å². The third kappa shape index (κ3) is 25.9. The monoisotopic (exact) mass is 1530 g/mol. The number of nitrogens with two attached hydrogens (primary N) is 2. The van der Waals surface area contributed by atoms with Crippen molar-refractivity contribution in [3.63, 3.8) is 0 Å². The van der Waals surface area contributed by atoms with Crippen molar-refractivity contribution in [1.82, 2.24) is 68.7 Å². The SMILES string of the molecule is C[C@@H]1NC(=O)[C@@H]2CCCN2C(=O)[C@H](CC(N)=O)NC(=O)[C@@H]2CSSC[C@H](N)C(=O)N[C@H]3CSSC[C@H](NC1=O)C(=O)NC([C@@H](C)O)C(=O)NCC(=O)N[C@H](C(=O)N[C@@H](Cc1ccc(O)cc1)C(=O)O)CSSC[C@H](NC(=O)[C@H](Cc1ccc(O)cc1)NC(=O)[C@@H](CCC(=O)O)NC3=O)C(=O)N2. The molecule has 2 aromatic carbocycles. The lowest BCUT2D eigenvalue weighted by molar-refractivity contribution is -0.143. The number of amides is 14.